The minimum absolute atomic E-state index is 0.535. The van der Waals surface area contributed by atoms with E-state index >= 15 is 0 Å². The Morgan fingerprint density at radius 3 is 0.944 bits per heavy atom. The lowest BCUT2D eigenvalue weighted by Gasteiger charge is -2.47. The van der Waals surface area contributed by atoms with Crippen molar-refractivity contribution < 1.29 is 10.2 Å². The van der Waals surface area contributed by atoms with E-state index in [1.165, 1.54) is 10.4 Å². The Labute approximate surface area is 222 Å². The highest BCUT2D eigenvalue weighted by Crippen LogP contribution is 2.63. The van der Waals surface area contributed by atoms with Crippen LogP contribution < -0.4 is 0 Å². The molecular formula is C32H50O2Si2. The van der Waals surface area contributed by atoms with Crippen molar-refractivity contribution in [2.24, 2.45) is 0 Å². The molecule has 36 heavy (non-hydrogen) atoms. The molecule has 0 aromatic rings. The molecule has 0 aromatic carbocycles. The van der Waals surface area contributed by atoms with Crippen molar-refractivity contribution in [3.05, 3.63) is 69.1 Å². The van der Waals surface area contributed by atoms with Gasteiger partial charge in [-0.25, -0.2) is 0 Å². The molecule has 2 atom stereocenters. The average Bonchev–Trinajstić information content (AvgIpc) is 3.41. The first kappa shape index (κ1) is 27.8. The molecule has 0 heterocycles. The van der Waals surface area contributed by atoms with Gasteiger partial charge in [0.2, 0.25) is 0 Å². The van der Waals surface area contributed by atoms with E-state index in [2.05, 4.69) is 107 Å². The monoisotopic (exact) mass is 522 g/mol. The lowest BCUT2D eigenvalue weighted by molar-refractivity contribution is -0.0259. The molecule has 0 fully saturated rings. The Balaban J connectivity index is 2.04. The van der Waals surface area contributed by atoms with Crippen LogP contribution in [0.25, 0.3) is 0 Å². The van der Waals surface area contributed by atoms with Gasteiger partial charge < -0.3 is 10.2 Å². The molecule has 4 rings (SSSR count). The molecule has 4 aliphatic carbocycles. The third-order valence-corrected chi connectivity index (χ3v) is 24.9. The molecule has 2 nitrogen and oxygen atoms in total. The first-order valence-corrected chi connectivity index (χ1v) is 18.8. The van der Waals surface area contributed by atoms with Crippen molar-refractivity contribution in [1.82, 2.24) is 0 Å². The van der Waals surface area contributed by atoms with Gasteiger partial charge in [-0.3, -0.25) is 0 Å². The molecule has 198 valence electrons. The van der Waals surface area contributed by atoms with Gasteiger partial charge in [0, 0.05) is 0 Å². The molecule has 0 saturated carbocycles. The van der Waals surface area contributed by atoms with Gasteiger partial charge in [0.05, 0.1) is 16.1 Å². The van der Waals surface area contributed by atoms with E-state index in [0.29, 0.717) is 33.2 Å². The van der Waals surface area contributed by atoms with Crippen LogP contribution in [-0.4, -0.2) is 37.6 Å². The van der Waals surface area contributed by atoms with Crippen LogP contribution >= 0.6 is 0 Å². The normalized spacial score (nSPS) is 27.7. The Hall–Kier alpha value is -1.21. The van der Waals surface area contributed by atoms with Crippen LogP contribution in [0.15, 0.2) is 69.1 Å². The summed E-state index contributed by atoms with van der Waals surface area (Å²) < 4.78 is 0. The quantitative estimate of drug-likeness (QED) is 0.314. The summed E-state index contributed by atoms with van der Waals surface area (Å²) in [6, 6.07) is 0. The third-order valence-electron chi connectivity index (χ3n) is 10.7. The standard InChI is InChI=1S/C32H50O2Si2/c1-19(2)35(20(3)4,21(5)6)27-15-13-25-17-32(34)30-26(18-31(32,33)29(25)27)14-16-28(30)36(22(7)8,23(9)10)24(11)12/h13-24,33-34H,1-12H3/t31-,32-/m0/s1. The maximum absolute atomic E-state index is 12.6. The van der Waals surface area contributed by atoms with E-state index in [1.807, 2.05) is 12.2 Å². The zero-order valence-corrected chi connectivity index (χ0v) is 26.8. The number of fused-ring (bicyclic) bond motifs is 5. The molecule has 0 aromatic heterocycles. The second-order valence-corrected chi connectivity index (χ2v) is 25.5. The largest absolute Gasteiger partial charge is 0.377 e. The predicted molar refractivity (Wildman–Crippen MR) is 160 cm³/mol. The van der Waals surface area contributed by atoms with E-state index in [1.54, 1.807) is 0 Å². The van der Waals surface area contributed by atoms with Crippen molar-refractivity contribution >= 4 is 16.1 Å². The molecule has 2 N–H and O–H groups in total. The minimum atomic E-state index is -2.04. The topological polar surface area (TPSA) is 40.5 Å². The van der Waals surface area contributed by atoms with E-state index in [9.17, 15) is 10.2 Å². The fraction of sp³-hybridized carbons (Fsp3) is 0.625. The number of rotatable bonds is 8. The maximum atomic E-state index is 12.6. The first-order valence-electron chi connectivity index (χ1n) is 14.3. The van der Waals surface area contributed by atoms with Crippen LogP contribution in [0.4, 0.5) is 0 Å². The molecule has 4 aliphatic rings. The second-order valence-electron chi connectivity index (χ2n) is 13.8. The summed E-state index contributed by atoms with van der Waals surface area (Å²) in [5, 5.41) is 28.0. The molecule has 4 heteroatoms. The third kappa shape index (κ3) is 3.08. The van der Waals surface area contributed by atoms with Crippen LogP contribution in [0, 0.1) is 0 Å². The maximum Gasteiger partial charge on any atom is 0.145 e. The van der Waals surface area contributed by atoms with Crippen molar-refractivity contribution in [3.8, 4) is 0 Å². The zero-order valence-electron chi connectivity index (χ0n) is 24.8. The highest BCUT2D eigenvalue weighted by Gasteiger charge is 2.66. The Kier molecular flexibility index (Phi) is 6.69. The SMILES string of the molecule is CC(C)[Si](C1=C2C(=C[C@]3(O)C4=C([Si](C(C)C)(C(C)C)C(C)C)C=CC4=C[C@]23O)C=C1)(C(C)C)C(C)C. The van der Waals surface area contributed by atoms with Crippen LogP contribution in [0.3, 0.4) is 0 Å². The molecule has 0 saturated heterocycles. The van der Waals surface area contributed by atoms with Gasteiger partial charge in [0.15, 0.2) is 0 Å². The van der Waals surface area contributed by atoms with Crippen LogP contribution in [-0.2, 0) is 0 Å². The van der Waals surface area contributed by atoms with Gasteiger partial charge in [-0.2, -0.15) is 0 Å². The Morgan fingerprint density at radius 2 is 0.722 bits per heavy atom. The van der Waals surface area contributed by atoms with Gasteiger partial charge in [0.25, 0.3) is 0 Å². The zero-order chi connectivity index (χ0) is 27.2. The lowest BCUT2D eigenvalue weighted by Crippen LogP contribution is -2.53. The molecule has 0 aliphatic heterocycles. The number of aliphatic hydroxyl groups is 2. The van der Waals surface area contributed by atoms with E-state index in [0.717, 1.165) is 22.3 Å². The van der Waals surface area contributed by atoms with Crippen LogP contribution in [0.2, 0.25) is 33.2 Å². The summed E-state index contributed by atoms with van der Waals surface area (Å²) >= 11 is 0. The van der Waals surface area contributed by atoms with Crippen molar-refractivity contribution in [2.75, 3.05) is 0 Å². The molecule has 0 radical (unpaired) electrons. The van der Waals surface area contributed by atoms with Gasteiger partial charge in [-0.15, -0.1) is 0 Å². The summed E-state index contributed by atoms with van der Waals surface area (Å²) in [6.07, 6.45) is 13.0. The van der Waals surface area contributed by atoms with Crippen molar-refractivity contribution in [3.63, 3.8) is 0 Å². The second kappa shape index (κ2) is 8.66. The first-order chi connectivity index (χ1) is 16.6. The molecular weight excluding hydrogens is 473 g/mol. The summed E-state index contributed by atoms with van der Waals surface area (Å²) in [7, 11) is -4.07. The smallest absolute Gasteiger partial charge is 0.145 e. The van der Waals surface area contributed by atoms with Crippen LogP contribution in [0.5, 0.6) is 0 Å². The highest BCUT2D eigenvalue weighted by atomic mass is 28.3. The van der Waals surface area contributed by atoms with Crippen LogP contribution in [0.1, 0.15) is 83.1 Å². The highest BCUT2D eigenvalue weighted by molar-refractivity contribution is 6.91. The average molecular weight is 523 g/mol. The summed E-state index contributed by atoms with van der Waals surface area (Å²) in [4.78, 5) is 0. The Bertz CT molecular complexity index is 1010. The van der Waals surface area contributed by atoms with Gasteiger partial charge >= 0.3 is 0 Å². The van der Waals surface area contributed by atoms with Crippen molar-refractivity contribution in [2.45, 2.75) is 128 Å². The van der Waals surface area contributed by atoms with Crippen molar-refractivity contribution in [1.29, 1.82) is 0 Å². The lowest BCUT2D eigenvalue weighted by atomic mass is 9.83. The van der Waals surface area contributed by atoms with E-state index < -0.39 is 27.3 Å². The number of hydrogen-bond donors (Lipinski definition) is 2. The molecule has 0 amide bonds. The Morgan fingerprint density at radius 1 is 0.472 bits per heavy atom. The fourth-order valence-corrected chi connectivity index (χ4v) is 23.9. The number of hydrogen-bond acceptors (Lipinski definition) is 2. The fourth-order valence-electron chi connectivity index (χ4n) is 9.87. The summed E-state index contributed by atoms with van der Waals surface area (Å²) in [6.45, 7) is 28.5. The summed E-state index contributed by atoms with van der Waals surface area (Å²) in [5.74, 6) is 0. The number of allylic oxidation sites excluding steroid dienone is 6. The van der Waals surface area contributed by atoms with Gasteiger partial charge in [0.1, 0.15) is 11.2 Å². The van der Waals surface area contributed by atoms with Gasteiger partial charge in [-0.05, 0) is 67.7 Å². The van der Waals surface area contributed by atoms with E-state index in [4.69, 9.17) is 0 Å². The van der Waals surface area contributed by atoms with E-state index in [-0.39, 0.29) is 0 Å². The summed E-state index contributed by atoms with van der Waals surface area (Å²) in [5.41, 5.74) is 4.48. The molecule has 0 spiro atoms. The van der Waals surface area contributed by atoms with Gasteiger partial charge in [-0.1, -0.05) is 118 Å². The minimum Gasteiger partial charge on any atom is -0.377 e. The molecule has 0 bridgehead atoms. The predicted octanol–water partition coefficient (Wildman–Crippen LogP) is 8.50. The molecule has 0 unspecified atom stereocenters.